The first-order chi connectivity index (χ1) is 12.8. The quantitative estimate of drug-likeness (QED) is 0.399. The largest absolute Gasteiger partial charge is 0.227 e. The molecule has 0 unspecified atom stereocenters. The van der Waals surface area contributed by atoms with E-state index in [1.807, 2.05) is 0 Å². The molecule has 0 saturated heterocycles. The molecular weight excluding hydrogens is 338 g/mol. The highest BCUT2D eigenvalue weighted by Gasteiger charge is 2.21. The number of benzene rings is 1. The molecule has 0 spiro atoms. The highest BCUT2D eigenvalue weighted by Crippen LogP contribution is 2.37. The van der Waals surface area contributed by atoms with Crippen molar-refractivity contribution in [1.29, 1.82) is 0 Å². The van der Waals surface area contributed by atoms with Gasteiger partial charge in [0.25, 0.3) is 0 Å². The average Bonchev–Trinajstić information content (AvgIpc) is 2.69. The second-order valence-corrected chi connectivity index (χ2v) is 7.03. The van der Waals surface area contributed by atoms with Crippen LogP contribution in [0.3, 0.4) is 0 Å². The maximum Gasteiger partial charge on any atom is 0.205 e. The molecule has 2 aromatic rings. The Morgan fingerprint density at radius 3 is 2.35 bits per heavy atom. The Kier molecular flexibility index (Phi) is 6.66. The fourth-order valence-corrected chi connectivity index (χ4v) is 3.76. The van der Waals surface area contributed by atoms with Crippen molar-refractivity contribution in [2.24, 2.45) is 10.9 Å². The molecule has 0 bridgehead atoms. The zero-order chi connectivity index (χ0) is 18.2. The Hall–Kier alpha value is -2.34. The molecule has 3 nitrogen and oxygen atoms in total. The van der Waals surface area contributed by atoms with Crippen LogP contribution in [0.2, 0.25) is 0 Å². The number of aliphatic imine (C=N–C) groups is 1. The van der Waals surface area contributed by atoms with E-state index in [1.165, 1.54) is 44.1 Å². The van der Waals surface area contributed by atoms with E-state index < -0.39 is 0 Å². The molecule has 1 saturated carbocycles. The number of hydrogen-bond donors (Lipinski definition) is 0. The minimum atomic E-state index is 0.478. The molecule has 132 valence electrons. The van der Waals surface area contributed by atoms with Crippen molar-refractivity contribution in [2.75, 3.05) is 0 Å². The monoisotopic (exact) mass is 361 g/mol. The third kappa shape index (κ3) is 5.08. The van der Waals surface area contributed by atoms with Gasteiger partial charge in [0, 0.05) is 5.56 Å². The molecule has 1 aliphatic rings. The zero-order valence-electron chi connectivity index (χ0n) is 15.1. The number of thiocarbonyl (C=S) groups is 1. The summed E-state index contributed by atoms with van der Waals surface area (Å²) in [5.74, 6) is 8.25. The summed E-state index contributed by atoms with van der Waals surface area (Å²) in [6.07, 6.45) is 11.3. The summed E-state index contributed by atoms with van der Waals surface area (Å²) in [6.45, 7) is 2.29. The maximum absolute atomic E-state index is 4.56. The molecule has 0 radical (unpaired) electrons. The van der Waals surface area contributed by atoms with Gasteiger partial charge < -0.3 is 0 Å². The number of rotatable bonds is 4. The Bertz CT molecular complexity index is 816. The minimum absolute atomic E-state index is 0.478. The normalized spacial score (nSPS) is 19.1. The lowest BCUT2D eigenvalue weighted by molar-refractivity contribution is 0.308. The topological polar surface area (TPSA) is 38.1 Å². The predicted molar refractivity (Wildman–Crippen MR) is 109 cm³/mol. The molecule has 0 aliphatic heterocycles. The van der Waals surface area contributed by atoms with Gasteiger partial charge in [-0.05, 0) is 73.4 Å². The minimum Gasteiger partial charge on any atom is -0.227 e. The summed E-state index contributed by atoms with van der Waals surface area (Å²) in [5.41, 5.74) is 3.02. The van der Waals surface area contributed by atoms with Crippen LogP contribution in [0, 0.1) is 17.8 Å². The summed E-state index contributed by atoms with van der Waals surface area (Å²) in [7, 11) is 0. The van der Waals surface area contributed by atoms with Crippen molar-refractivity contribution in [1.82, 2.24) is 9.97 Å². The standard InChI is InChI=1S/C22H23N3S/c1-2-3-17-4-9-19(10-5-17)20-11-6-18(7-12-20)8-13-22-23-14-21(15-24-22)25-16-26/h6-7,11-12,14-15,17,19H,2-5,9-10H2,1H3. The summed E-state index contributed by atoms with van der Waals surface area (Å²) < 4.78 is 0. The van der Waals surface area contributed by atoms with Gasteiger partial charge in [0.2, 0.25) is 5.82 Å². The lowest BCUT2D eigenvalue weighted by atomic mass is 9.77. The summed E-state index contributed by atoms with van der Waals surface area (Å²) in [5, 5.41) is 2.29. The van der Waals surface area contributed by atoms with Gasteiger partial charge in [-0.15, -0.1) is 0 Å². The van der Waals surface area contributed by atoms with Crippen LogP contribution >= 0.6 is 12.2 Å². The SMILES string of the molecule is CCCC1CCC(c2ccc(C#Cc3ncc(N=C=S)cn3)cc2)CC1. The van der Waals surface area contributed by atoms with Gasteiger partial charge in [-0.2, -0.15) is 4.99 Å². The first-order valence-corrected chi connectivity index (χ1v) is 9.71. The van der Waals surface area contributed by atoms with Crippen LogP contribution in [-0.4, -0.2) is 15.1 Å². The van der Waals surface area contributed by atoms with E-state index in [2.05, 4.69) is 75.4 Å². The second kappa shape index (κ2) is 9.38. The molecule has 0 atom stereocenters. The second-order valence-electron chi connectivity index (χ2n) is 6.85. The van der Waals surface area contributed by atoms with Crippen LogP contribution in [0.4, 0.5) is 5.69 Å². The molecule has 4 heteroatoms. The van der Waals surface area contributed by atoms with Crippen molar-refractivity contribution in [3.63, 3.8) is 0 Å². The average molecular weight is 362 g/mol. The van der Waals surface area contributed by atoms with E-state index >= 15 is 0 Å². The maximum atomic E-state index is 4.56. The summed E-state index contributed by atoms with van der Waals surface area (Å²) >= 11 is 4.56. The third-order valence-corrected chi connectivity index (χ3v) is 5.15. The number of hydrogen-bond acceptors (Lipinski definition) is 4. The lowest BCUT2D eigenvalue weighted by Gasteiger charge is -2.28. The van der Waals surface area contributed by atoms with Crippen molar-refractivity contribution < 1.29 is 0 Å². The van der Waals surface area contributed by atoms with Crippen LogP contribution in [0.25, 0.3) is 0 Å². The Morgan fingerprint density at radius 2 is 1.73 bits per heavy atom. The molecule has 1 aliphatic carbocycles. The fraction of sp³-hybridized carbons (Fsp3) is 0.409. The van der Waals surface area contributed by atoms with Crippen LogP contribution in [-0.2, 0) is 0 Å². The molecule has 26 heavy (non-hydrogen) atoms. The van der Waals surface area contributed by atoms with Crippen molar-refractivity contribution in [3.8, 4) is 11.8 Å². The van der Waals surface area contributed by atoms with E-state index in [0.717, 1.165) is 11.5 Å². The van der Waals surface area contributed by atoms with E-state index in [1.54, 1.807) is 12.4 Å². The van der Waals surface area contributed by atoms with Gasteiger partial charge in [0.15, 0.2) is 0 Å². The van der Waals surface area contributed by atoms with Gasteiger partial charge in [0.05, 0.1) is 17.6 Å². The molecule has 0 N–H and O–H groups in total. The molecule has 3 rings (SSSR count). The number of isothiocyanates is 1. The van der Waals surface area contributed by atoms with Crippen LogP contribution in [0.5, 0.6) is 0 Å². The van der Waals surface area contributed by atoms with Gasteiger partial charge >= 0.3 is 0 Å². The fourth-order valence-electron chi connectivity index (χ4n) is 3.66. The lowest BCUT2D eigenvalue weighted by Crippen LogP contribution is -2.13. The molecule has 1 heterocycles. The molecule has 0 amide bonds. The van der Waals surface area contributed by atoms with Gasteiger partial charge in [-0.25, -0.2) is 9.97 Å². The first kappa shape index (κ1) is 18.5. The first-order valence-electron chi connectivity index (χ1n) is 9.30. The molecule has 1 fully saturated rings. The van der Waals surface area contributed by atoms with E-state index in [9.17, 15) is 0 Å². The molecule has 1 aromatic carbocycles. The number of aromatic nitrogens is 2. The van der Waals surface area contributed by atoms with E-state index in [4.69, 9.17) is 0 Å². The predicted octanol–water partition coefficient (Wildman–Crippen LogP) is 5.68. The zero-order valence-corrected chi connectivity index (χ0v) is 15.9. The van der Waals surface area contributed by atoms with E-state index in [-0.39, 0.29) is 0 Å². The number of nitrogens with zero attached hydrogens (tertiary/aromatic N) is 3. The highest BCUT2D eigenvalue weighted by molar-refractivity contribution is 7.78. The van der Waals surface area contributed by atoms with Crippen molar-refractivity contribution in [3.05, 3.63) is 53.6 Å². The van der Waals surface area contributed by atoms with Crippen molar-refractivity contribution in [2.45, 2.75) is 51.4 Å². The third-order valence-electron chi connectivity index (χ3n) is 5.06. The van der Waals surface area contributed by atoms with Gasteiger partial charge in [-0.1, -0.05) is 37.8 Å². The molecule has 1 aromatic heterocycles. The van der Waals surface area contributed by atoms with Gasteiger partial charge in [0.1, 0.15) is 5.69 Å². The Labute approximate surface area is 161 Å². The Balaban J connectivity index is 1.61. The van der Waals surface area contributed by atoms with Crippen LogP contribution in [0.15, 0.2) is 41.7 Å². The van der Waals surface area contributed by atoms with Crippen LogP contribution < -0.4 is 0 Å². The summed E-state index contributed by atoms with van der Waals surface area (Å²) in [6, 6.07) is 8.66. The van der Waals surface area contributed by atoms with Crippen molar-refractivity contribution >= 4 is 23.1 Å². The van der Waals surface area contributed by atoms with Crippen LogP contribution in [0.1, 0.15) is 68.3 Å². The summed E-state index contributed by atoms with van der Waals surface area (Å²) in [4.78, 5) is 12.1. The molecular formula is C22H23N3S. The smallest absolute Gasteiger partial charge is 0.205 e. The van der Waals surface area contributed by atoms with E-state index in [0.29, 0.717) is 17.4 Å². The Morgan fingerprint density at radius 1 is 1.04 bits per heavy atom. The highest BCUT2D eigenvalue weighted by atomic mass is 32.1. The van der Waals surface area contributed by atoms with Gasteiger partial charge in [-0.3, -0.25) is 0 Å².